The van der Waals surface area contributed by atoms with E-state index < -0.39 is 28.5 Å². The average Bonchev–Trinajstić information content (AvgIpc) is 2.64. The summed E-state index contributed by atoms with van der Waals surface area (Å²) >= 11 is 5.55. The maximum absolute atomic E-state index is 12.8. The molecule has 144 valence electrons. The van der Waals surface area contributed by atoms with Gasteiger partial charge in [0.2, 0.25) is 5.78 Å². The molecule has 0 unspecified atom stereocenters. The van der Waals surface area contributed by atoms with Crippen LogP contribution >= 0.6 is 11.6 Å². The van der Waals surface area contributed by atoms with E-state index >= 15 is 0 Å². The average molecular weight is 398 g/mol. The Morgan fingerprint density at radius 1 is 0.963 bits per heavy atom. The smallest absolute Gasteiger partial charge is 0.345 e. The van der Waals surface area contributed by atoms with Gasteiger partial charge in [0.15, 0.2) is 0 Å². The first kappa shape index (κ1) is 21.0. The molecule has 27 heavy (non-hydrogen) atoms. The van der Waals surface area contributed by atoms with Crippen LogP contribution in [0.4, 0.5) is 13.2 Å². The highest BCUT2D eigenvalue weighted by Crippen LogP contribution is 2.35. The van der Waals surface area contributed by atoms with Crippen molar-refractivity contribution in [3.63, 3.8) is 0 Å². The van der Waals surface area contributed by atoms with Crippen LogP contribution in [0.3, 0.4) is 0 Å². The minimum absolute atomic E-state index is 0.104. The van der Waals surface area contributed by atoms with Gasteiger partial charge in [-0.05, 0) is 42.5 Å². The zero-order valence-corrected chi connectivity index (χ0v) is 15.2. The van der Waals surface area contributed by atoms with Crippen molar-refractivity contribution in [1.82, 2.24) is 5.32 Å². The molecule has 1 N–H and O–H groups in total. The lowest BCUT2D eigenvalue weighted by molar-refractivity contribution is -0.138. The van der Waals surface area contributed by atoms with Gasteiger partial charge in [0.25, 0.3) is 5.91 Å². The number of amides is 1. The zero-order valence-electron chi connectivity index (χ0n) is 14.5. The van der Waals surface area contributed by atoms with Crippen LogP contribution < -0.4 is 5.32 Å². The fourth-order valence-corrected chi connectivity index (χ4v) is 2.78. The van der Waals surface area contributed by atoms with Crippen LogP contribution in [0.5, 0.6) is 0 Å². The molecule has 7 heteroatoms. The van der Waals surface area contributed by atoms with Crippen molar-refractivity contribution in [3.05, 3.63) is 70.2 Å². The Morgan fingerprint density at radius 2 is 1.67 bits per heavy atom. The van der Waals surface area contributed by atoms with Crippen LogP contribution in [0, 0.1) is 0 Å². The Balaban J connectivity index is 1.77. The third-order valence-corrected chi connectivity index (χ3v) is 4.33. The van der Waals surface area contributed by atoms with E-state index in [1.807, 2.05) is 30.3 Å². The van der Waals surface area contributed by atoms with Gasteiger partial charge in [-0.2, -0.15) is 13.2 Å². The lowest BCUT2D eigenvalue weighted by Crippen LogP contribution is -2.30. The number of aryl methyl sites for hydroxylation is 1. The highest BCUT2D eigenvalue weighted by atomic mass is 35.5. The molecule has 0 saturated carbocycles. The second-order valence-electron chi connectivity index (χ2n) is 6.11. The lowest BCUT2D eigenvalue weighted by Gasteiger charge is -2.11. The van der Waals surface area contributed by atoms with Crippen LogP contribution in [0.25, 0.3) is 0 Å². The number of halogens is 4. The number of carbonyl (C=O) groups is 2. The minimum Gasteiger partial charge on any atom is -0.345 e. The van der Waals surface area contributed by atoms with Crippen LogP contribution in [0.1, 0.15) is 36.0 Å². The molecule has 0 atom stereocenters. The largest absolute Gasteiger partial charge is 0.417 e. The van der Waals surface area contributed by atoms with Crippen molar-refractivity contribution in [3.8, 4) is 0 Å². The molecule has 0 aliphatic heterocycles. The number of hydrogen-bond donors (Lipinski definition) is 1. The van der Waals surface area contributed by atoms with E-state index in [2.05, 4.69) is 5.32 Å². The van der Waals surface area contributed by atoms with Gasteiger partial charge in [0.05, 0.1) is 10.6 Å². The SMILES string of the molecule is O=C(CCCCc1ccccc1)C(=O)NCc1ccc(Cl)c(C(F)(F)F)c1. The second kappa shape index (κ2) is 9.55. The fraction of sp³-hybridized carbons (Fsp3) is 0.300. The van der Waals surface area contributed by atoms with E-state index in [9.17, 15) is 22.8 Å². The number of Topliss-reactive ketones (excluding diaryl/α,β-unsaturated/α-hetero) is 1. The van der Waals surface area contributed by atoms with Gasteiger partial charge in [0, 0.05) is 13.0 Å². The Morgan fingerprint density at radius 3 is 2.33 bits per heavy atom. The third kappa shape index (κ3) is 6.71. The summed E-state index contributed by atoms with van der Waals surface area (Å²) in [7, 11) is 0. The van der Waals surface area contributed by atoms with Gasteiger partial charge in [-0.15, -0.1) is 0 Å². The molecule has 0 bridgehead atoms. The number of rotatable bonds is 8. The highest BCUT2D eigenvalue weighted by molar-refractivity contribution is 6.36. The summed E-state index contributed by atoms with van der Waals surface area (Å²) in [6.45, 7) is -0.172. The van der Waals surface area contributed by atoms with Crippen molar-refractivity contribution in [2.24, 2.45) is 0 Å². The van der Waals surface area contributed by atoms with E-state index in [0.717, 1.165) is 30.5 Å². The number of alkyl halides is 3. The molecule has 1 amide bonds. The van der Waals surface area contributed by atoms with Gasteiger partial charge in [0.1, 0.15) is 0 Å². The molecule has 0 aliphatic rings. The molecule has 2 rings (SSSR count). The predicted octanol–water partition coefficient (Wildman–Crippen LogP) is 4.96. The van der Waals surface area contributed by atoms with Crippen molar-refractivity contribution in [2.45, 2.75) is 38.4 Å². The van der Waals surface area contributed by atoms with Crippen molar-refractivity contribution in [2.75, 3.05) is 0 Å². The molecule has 0 aliphatic carbocycles. The molecular weight excluding hydrogens is 379 g/mol. The van der Waals surface area contributed by atoms with Gasteiger partial charge in [-0.3, -0.25) is 9.59 Å². The monoisotopic (exact) mass is 397 g/mol. The quantitative estimate of drug-likeness (QED) is 0.505. The summed E-state index contributed by atoms with van der Waals surface area (Å²) in [5, 5.41) is 1.95. The lowest BCUT2D eigenvalue weighted by atomic mass is 10.1. The molecule has 0 fully saturated rings. The zero-order chi connectivity index (χ0) is 19.9. The molecule has 2 aromatic carbocycles. The van der Waals surface area contributed by atoms with Crippen LogP contribution in [-0.4, -0.2) is 11.7 Å². The molecule has 0 heterocycles. The van der Waals surface area contributed by atoms with Crippen LogP contribution in [0.2, 0.25) is 5.02 Å². The van der Waals surface area contributed by atoms with E-state index in [1.165, 1.54) is 6.07 Å². The normalized spacial score (nSPS) is 11.3. The number of nitrogens with one attached hydrogen (secondary N) is 1. The standard InChI is InChI=1S/C20H19ClF3NO2/c21-17-11-10-15(12-16(17)20(22,23)24)13-25-19(27)18(26)9-5-4-8-14-6-2-1-3-7-14/h1-3,6-7,10-12H,4-5,8-9,13H2,(H,25,27). The first-order chi connectivity index (χ1) is 12.8. The first-order valence-corrected chi connectivity index (χ1v) is 8.86. The molecule has 0 spiro atoms. The summed E-state index contributed by atoms with van der Waals surface area (Å²) in [4.78, 5) is 23.7. The maximum Gasteiger partial charge on any atom is 0.417 e. The molecule has 0 radical (unpaired) electrons. The first-order valence-electron chi connectivity index (χ1n) is 8.48. The van der Waals surface area contributed by atoms with E-state index in [-0.39, 0.29) is 18.5 Å². The number of unbranched alkanes of at least 4 members (excludes halogenated alkanes) is 1. The van der Waals surface area contributed by atoms with E-state index in [4.69, 9.17) is 11.6 Å². The number of hydrogen-bond acceptors (Lipinski definition) is 2. The Kier molecular flexibility index (Phi) is 7.42. The number of benzene rings is 2. The van der Waals surface area contributed by atoms with Crippen LogP contribution in [-0.2, 0) is 28.7 Å². The molecule has 3 nitrogen and oxygen atoms in total. The van der Waals surface area contributed by atoms with E-state index in [0.29, 0.717) is 6.42 Å². The van der Waals surface area contributed by atoms with Crippen molar-refractivity contribution < 1.29 is 22.8 Å². The second-order valence-corrected chi connectivity index (χ2v) is 6.52. The summed E-state index contributed by atoms with van der Waals surface area (Å²) < 4.78 is 38.5. The number of ketones is 1. The molecule has 2 aromatic rings. The van der Waals surface area contributed by atoms with Gasteiger partial charge in [-0.25, -0.2) is 0 Å². The minimum atomic E-state index is -4.58. The van der Waals surface area contributed by atoms with Gasteiger partial charge >= 0.3 is 6.18 Å². The third-order valence-electron chi connectivity index (χ3n) is 4.00. The Hall–Kier alpha value is -2.34. The predicted molar refractivity (Wildman–Crippen MR) is 97.3 cm³/mol. The van der Waals surface area contributed by atoms with Gasteiger partial charge in [-0.1, -0.05) is 48.0 Å². The van der Waals surface area contributed by atoms with Crippen molar-refractivity contribution >= 4 is 23.3 Å². The van der Waals surface area contributed by atoms with Crippen LogP contribution in [0.15, 0.2) is 48.5 Å². The molecule has 0 saturated heterocycles. The molecule has 0 aromatic heterocycles. The van der Waals surface area contributed by atoms with E-state index in [1.54, 1.807) is 0 Å². The maximum atomic E-state index is 12.8. The fourth-order valence-electron chi connectivity index (χ4n) is 2.55. The Bertz CT molecular complexity index is 792. The summed E-state index contributed by atoms with van der Waals surface area (Å²) in [5.74, 6) is -1.37. The van der Waals surface area contributed by atoms with Crippen molar-refractivity contribution in [1.29, 1.82) is 0 Å². The van der Waals surface area contributed by atoms with Gasteiger partial charge < -0.3 is 5.32 Å². The summed E-state index contributed by atoms with van der Waals surface area (Å²) in [5.41, 5.74) is 0.415. The summed E-state index contributed by atoms with van der Waals surface area (Å²) in [6, 6.07) is 13.2. The Labute approximate surface area is 160 Å². The number of carbonyl (C=O) groups excluding carboxylic acids is 2. The summed E-state index contributed by atoms with van der Waals surface area (Å²) in [6.07, 6.45) is -2.31. The highest BCUT2D eigenvalue weighted by Gasteiger charge is 2.33. The topological polar surface area (TPSA) is 46.2 Å². The molecular formula is C20H19ClF3NO2.